The lowest BCUT2D eigenvalue weighted by Gasteiger charge is -2.43. The quantitative estimate of drug-likeness (QED) is 0.177. The van der Waals surface area contributed by atoms with Gasteiger partial charge in [-0.1, -0.05) is 18.2 Å². The van der Waals surface area contributed by atoms with Crippen molar-refractivity contribution in [2.75, 3.05) is 56.0 Å². The Morgan fingerprint density at radius 2 is 1.46 bits per heavy atom. The van der Waals surface area contributed by atoms with Crippen LogP contribution in [-0.4, -0.2) is 118 Å². The summed E-state index contributed by atoms with van der Waals surface area (Å²) >= 11 is 0. The average Bonchev–Trinajstić information content (AvgIpc) is 3.84. The zero-order valence-corrected chi connectivity index (χ0v) is 36.5. The molecule has 0 spiro atoms. The fourth-order valence-electron chi connectivity index (χ4n) is 11.1. The number of fused-ring (bicyclic) bond motifs is 2. The maximum Gasteiger partial charge on any atom is 0.262 e. The third-order valence-electron chi connectivity index (χ3n) is 14.6. The summed E-state index contributed by atoms with van der Waals surface area (Å²) in [5.74, 6) is 0.519. The Morgan fingerprint density at radius 3 is 2.17 bits per heavy atom. The molecular weight excluding hydrogens is 827 g/mol. The molecule has 5 aliphatic heterocycles. The van der Waals surface area contributed by atoms with Crippen LogP contribution in [0.2, 0.25) is 0 Å². The van der Waals surface area contributed by atoms with Gasteiger partial charge in [-0.15, -0.1) is 0 Å². The molecule has 6 amide bonds. The van der Waals surface area contributed by atoms with Gasteiger partial charge in [0.05, 0.1) is 17.2 Å². The molecule has 16 nitrogen and oxygen atoms in total. The third-order valence-corrected chi connectivity index (χ3v) is 14.6. The summed E-state index contributed by atoms with van der Waals surface area (Å²) in [6.07, 6.45) is 7.62. The van der Waals surface area contributed by atoms with E-state index in [1.807, 2.05) is 65.3 Å². The van der Waals surface area contributed by atoms with Gasteiger partial charge < -0.3 is 25.6 Å². The molecule has 338 valence electrons. The van der Waals surface area contributed by atoms with Gasteiger partial charge in [-0.3, -0.25) is 43.9 Å². The van der Waals surface area contributed by atoms with Gasteiger partial charge in [0.2, 0.25) is 17.7 Å². The molecule has 16 heteroatoms. The number of anilines is 2. The number of nitrogens with two attached hydrogens (primary N) is 1. The van der Waals surface area contributed by atoms with Crippen molar-refractivity contribution in [2.24, 2.45) is 17.6 Å². The van der Waals surface area contributed by atoms with E-state index in [1.54, 1.807) is 12.1 Å². The summed E-state index contributed by atoms with van der Waals surface area (Å²) in [5.41, 5.74) is 9.19. The molecule has 1 aromatic heterocycles. The van der Waals surface area contributed by atoms with Crippen LogP contribution in [0.5, 0.6) is 11.5 Å². The van der Waals surface area contributed by atoms with Gasteiger partial charge in [-0.25, -0.2) is 4.68 Å². The lowest BCUT2D eigenvalue weighted by atomic mass is 9.82. The molecular formula is C49H55N9O7. The second-order valence-corrected chi connectivity index (χ2v) is 18.4. The lowest BCUT2D eigenvalue weighted by molar-refractivity contribution is -0.136. The average molecular weight is 882 g/mol. The van der Waals surface area contributed by atoms with Crippen LogP contribution in [0, 0.1) is 11.8 Å². The molecule has 3 saturated heterocycles. The number of piperazine rings is 1. The summed E-state index contributed by atoms with van der Waals surface area (Å²) < 4.78 is 7.96. The molecule has 10 rings (SSSR count). The van der Waals surface area contributed by atoms with E-state index in [9.17, 15) is 28.8 Å². The van der Waals surface area contributed by atoms with Crippen molar-refractivity contribution < 1.29 is 33.5 Å². The molecule has 1 aliphatic carbocycles. The molecule has 0 bridgehead atoms. The molecule has 65 heavy (non-hydrogen) atoms. The molecule has 0 radical (unpaired) electrons. The SMILES string of the molecule is NC(=O)c1c(-c2ccc(Oc3ccccc3)cc2)nn2c1NCC[C@@H]2C1CCN(C(=O)CC2CCC(N3CCN(c4ccc5c(c4)C(=O)N(C4CCC(=O)NC4=O)C5=O)CC3)CC2)CC1. The number of primary amides is 1. The first-order valence-electron chi connectivity index (χ1n) is 23.2. The van der Waals surface area contributed by atoms with Crippen LogP contribution in [0.3, 0.4) is 0 Å². The smallest absolute Gasteiger partial charge is 0.262 e. The molecule has 4 N–H and O–H groups in total. The number of nitrogens with one attached hydrogen (secondary N) is 2. The minimum Gasteiger partial charge on any atom is -0.457 e. The van der Waals surface area contributed by atoms with Crippen molar-refractivity contribution in [1.82, 2.24) is 29.8 Å². The van der Waals surface area contributed by atoms with Crippen LogP contribution >= 0.6 is 0 Å². The second-order valence-electron chi connectivity index (χ2n) is 18.4. The number of para-hydroxylation sites is 1. The number of ether oxygens (including phenoxy) is 1. The first kappa shape index (κ1) is 42.4. The van der Waals surface area contributed by atoms with E-state index >= 15 is 0 Å². The van der Waals surface area contributed by atoms with Crippen molar-refractivity contribution in [1.29, 1.82) is 0 Å². The molecule has 1 unspecified atom stereocenters. The lowest BCUT2D eigenvalue weighted by Crippen LogP contribution is -2.54. The van der Waals surface area contributed by atoms with Gasteiger partial charge in [0, 0.05) is 75.9 Å². The van der Waals surface area contributed by atoms with Gasteiger partial charge in [0.15, 0.2) is 0 Å². The molecule has 6 aliphatic rings. The predicted molar refractivity (Wildman–Crippen MR) is 241 cm³/mol. The van der Waals surface area contributed by atoms with E-state index in [4.69, 9.17) is 15.6 Å². The maximum atomic E-state index is 13.7. The van der Waals surface area contributed by atoms with Crippen molar-refractivity contribution in [2.45, 2.75) is 82.3 Å². The number of imide groups is 2. The normalized spacial score (nSPS) is 24.0. The molecule has 1 saturated carbocycles. The van der Waals surface area contributed by atoms with E-state index in [0.717, 1.165) is 106 Å². The number of likely N-dealkylation sites (tertiary alicyclic amines) is 1. The molecule has 4 fully saturated rings. The topological polar surface area (TPSA) is 193 Å². The monoisotopic (exact) mass is 881 g/mol. The van der Waals surface area contributed by atoms with E-state index in [0.29, 0.717) is 59.2 Å². The van der Waals surface area contributed by atoms with Gasteiger partial charge >= 0.3 is 0 Å². The summed E-state index contributed by atoms with van der Waals surface area (Å²) in [4.78, 5) is 85.2. The van der Waals surface area contributed by atoms with Crippen molar-refractivity contribution in [3.63, 3.8) is 0 Å². The van der Waals surface area contributed by atoms with E-state index in [2.05, 4.69) is 25.3 Å². The number of carbonyl (C=O) groups excluding carboxylic acids is 6. The van der Waals surface area contributed by atoms with E-state index in [1.165, 1.54) is 0 Å². The zero-order chi connectivity index (χ0) is 44.8. The molecule has 3 aromatic carbocycles. The minimum absolute atomic E-state index is 0.0863. The number of hydrogen-bond donors (Lipinski definition) is 3. The third kappa shape index (κ3) is 8.35. The first-order chi connectivity index (χ1) is 31.6. The molecule has 2 atom stereocenters. The first-order valence-corrected chi connectivity index (χ1v) is 23.2. The second kappa shape index (κ2) is 17.8. The van der Waals surface area contributed by atoms with Gasteiger partial charge in [-0.2, -0.15) is 5.10 Å². The fraction of sp³-hybridized carbons (Fsp3) is 0.449. The van der Waals surface area contributed by atoms with Crippen molar-refractivity contribution in [3.8, 4) is 22.8 Å². The molecule has 4 aromatic rings. The summed E-state index contributed by atoms with van der Waals surface area (Å²) in [6.45, 7) is 5.50. The van der Waals surface area contributed by atoms with Crippen LogP contribution < -0.4 is 26.0 Å². The van der Waals surface area contributed by atoms with Gasteiger partial charge in [-0.05, 0) is 118 Å². The maximum absolute atomic E-state index is 13.7. The largest absolute Gasteiger partial charge is 0.457 e. The predicted octanol–water partition coefficient (Wildman–Crippen LogP) is 5.21. The van der Waals surface area contributed by atoms with E-state index < -0.39 is 35.6 Å². The Hall–Kier alpha value is -6.55. The highest BCUT2D eigenvalue weighted by molar-refractivity contribution is 6.23. The molecule has 6 heterocycles. The Bertz CT molecular complexity index is 2500. The highest BCUT2D eigenvalue weighted by Crippen LogP contribution is 2.41. The minimum atomic E-state index is -0.981. The number of aromatic nitrogens is 2. The number of piperidine rings is 2. The Kier molecular flexibility index (Phi) is 11.6. The standard InChI is InChI=1S/C49H55N9O7/c50-45(61)43-44(32-8-13-36(14-9-32)65-35-4-2-1-3-5-35)53-58-39(18-21-51-46(43)58)31-19-22-56(23-20-31)42(60)28-30-6-10-33(11-7-30)54-24-26-55(27-25-54)34-12-15-37-38(29-34)49(64)57(48(37)63)40-16-17-41(59)52-47(40)62/h1-5,8-9,12-15,29-31,33,39-40,51H,6-7,10-11,16-28H2,(H2,50,61)(H,52,59,62)/t30?,33?,39-,40?/m1/s1. The van der Waals surface area contributed by atoms with Crippen LogP contribution in [0.4, 0.5) is 11.5 Å². The fourth-order valence-corrected chi connectivity index (χ4v) is 11.1. The number of hydrogen-bond acceptors (Lipinski definition) is 11. The van der Waals surface area contributed by atoms with Crippen LogP contribution in [0.15, 0.2) is 72.8 Å². The van der Waals surface area contributed by atoms with Crippen LogP contribution in [-0.2, 0) is 14.4 Å². The van der Waals surface area contributed by atoms with Gasteiger partial charge in [0.1, 0.15) is 34.6 Å². The number of benzene rings is 3. The number of amides is 6. The number of rotatable bonds is 10. The van der Waals surface area contributed by atoms with Crippen molar-refractivity contribution in [3.05, 3.63) is 89.5 Å². The highest BCUT2D eigenvalue weighted by atomic mass is 16.5. The summed E-state index contributed by atoms with van der Waals surface area (Å²) in [6, 6.07) is 22.0. The summed E-state index contributed by atoms with van der Waals surface area (Å²) in [5, 5.41) is 10.7. The van der Waals surface area contributed by atoms with Gasteiger partial charge in [0.25, 0.3) is 17.7 Å². The van der Waals surface area contributed by atoms with Crippen molar-refractivity contribution >= 4 is 46.9 Å². The Labute approximate surface area is 377 Å². The van der Waals surface area contributed by atoms with Crippen LogP contribution in [0.25, 0.3) is 11.3 Å². The van der Waals surface area contributed by atoms with E-state index in [-0.39, 0.29) is 30.4 Å². The highest BCUT2D eigenvalue weighted by Gasteiger charge is 2.45. The zero-order valence-electron chi connectivity index (χ0n) is 36.5. The summed E-state index contributed by atoms with van der Waals surface area (Å²) in [7, 11) is 0. The number of nitrogens with zero attached hydrogens (tertiary/aromatic N) is 6. The number of carbonyl (C=O) groups is 6. The Morgan fingerprint density at radius 1 is 0.754 bits per heavy atom. The van der Waals surface area contributed by atoms with Crippen LogP contribution in [0.1, 0.15) is 101 Å². The Balaban J connectivity index is 0.689.